The van der Waals surface area contributed by atoms with E-state index in [1.807, 2.05) is 22.8 Å². The van der Waals surface area contributed by atoms with E-state index in [-0.39, 0.29) is 5.82 Å². The zero-order chi connectivity index (χ0) is 14.8. The van der Waals surface area contributed by atoms with E-state index in [1.54, 1.807) is 18.2 Å². The van der Waals surface area contributed by atoms with E-state index in [0.717, 1.165) is 11.0 Å². The van der Waals surface area contributed by atoms with Gasteiger partial charge in [0.05, 0.1) is 16.6 Å². The SMILES string of the molecule is N#Cc1cccc2c1[nH]c(=S)n2CCc1ccccc1F. The Bertz CT molecular complexity index is 902. The van der Waals surface area contributed by atoms with Crippen molar-refractivity contribution in [3.05, 3.63) is 64.2 Å². The number of H-pyrrole nitrogens is 1. The summed E-state index contributed by atoms with van der Waals surface area (Å²) in [6.07, 6.45) is 0.546. The average Bonchev–Trinajstić information content (AvgIpc) is 2.82. The summed E-state index contributed by atoms with van der Waals surface area (Å²) in [5.74, 6) is -0.207. The van der Waals surface area contributed by atoms with Crippen molar-refractivity contribution in [2.75, 3.05) is 0 Å². The van der Waals surface area contributed by atoms with Crippen molar-refractivity contribution in [3.8, 4) is 6.07 Å². The Hall–Kier alpha value is -2.45. The highest BCUT2D eigenvalue weighted by Crippen LogP contribution is 2.19. The van der Waals surface area contributed by atoms with Gasteiger partial charge in [-0.3, -0.25) is 0 Å². The third kappa shape index (κ3) is 2.46. The molecule has 0 atom stereocenters. The molecule has 3 rings (SSSR count). The maximum Gasteiger partial charge on any atom is 0.178 e. The zero-order valence-electron chi connectivity index (χ0n) is 11.1. The lowest BCUT2D eigenvalue weighted by molar-refractivity contribution is 0.595. The Morgan fingerprint density at radius 3 is 2.76 bits per heavy atom. The van der Waals surface area contributed by atoms with E-state index >= 15 is 0 Å². The zero-order valence-corrected chi connectivity index (χ0v) is 12.0. The quantitative estimate of drug-likeness (QED) is 0.744. The average molecular weight is 297 g/mol. The van der Waals surface area contributed by atoms with E-state index in [9.17, 15) is 4.39 Å². The number of nitrogens with zero attached hydrogens (tertiary/aromatic N) is 2. The van der Waals surface area contributed by atoms with Crippen molar-refractivity contribution in [3.63, 3.8) is 0 Å². The normalized spacial score (nSPS) is 10.7. The van der Waals surface area contributed by atoms with E-state index in [4.69, 9.17) is 17.5 Å². The highest BCUT2D eigenvalue weighted by Gasteiger charge is 2.09. The van der Waals surface area contributed by atoms with Gasteiger partial charge < -0.3 is 9.55 Å². The smallest absolute Gasteiger partial charge is 0.178 e. The second kappa shape index (κ2) is 5.51. The molecule has 1 heterocycles. The third-order valence-electron chi connectivity index (χ3n) is 3.49. The molecule has 0 aliphatic heterocycles. The number of rotatable bonds is 3. The minimum Gasteiger partial charge on any atom is -0.329 e. The lowest BCUT2D eigenvalue weighted by Gasteiger charge is -2.06. The Balaban J connectivity index is 1.99. The summed E-state index contributed by atoms with van der Waals surface area (Å²) in [6.45, 7) is 0.564. The summed E-state index contributed by atoms with van der Waals surface area (Å²) in [5.41, 5.74) is 2.82. The van der Waals surface area contributed by atoms with Gasteiger partial charge in [0, 0.05) is 6.54 Å². The molecule has 0 amide bonds. The first-order valence-corrected chi connectivity index (χ1v) is 6.96. The summed E-state index contributed by atoms with van der Waals surface area (Å²) in [7, 11) is 0. The van der Waals surface area contributed by atoms with E-state index in [1.165, 1.54) is 6.07 Å². The second-order valence-electron chi connectivity index (χ2n) is 4.73. The number of hydrogen-bond acceptors (Lipinski definition) is 2. The molecular weight excluding hydrogens is 285 g/mol. The molecule has 0 saturated carbocycles. The van der Waals surface area contributed by atoms with Crippen molar-refractivity contribution in [2.24, 2.45) is 0 Å². The summed E-state index contributed by atoms with van der Waals surface area (Å²) in [5, 5.41) is 9.12. The van der Waals surface area contributed by atoms with Gasteiger partial charge in [-0.25, -0.2) is 4.39 Å². The summed E-state index contributed by atoms with van der Waals surface area (Å²) in [6, 6.07) is 14.3. The highest BCUT2D eigenvalue weighted by molar-refractivity contribution is 7.71. The molecular formula is C16H12FN3S. The van der Waals surface area contributed by atoms with Gasteiger partial charge >= 0.3 is 0 Å². The van der Waals surface area contributed by atoms with Crippen LogP contribution in [0.1, 0.15) is 11.1 Å². The van der Waals surface area contributed by atoms with Gasteiger partial charge in [0.1, 0.15) is 11.9 Å². The molecule has 5 heteroatoms. The standard InChI is InChI=1S/C16H12FN3S/c17-13-6-2-1-4-11(13)8-9-20-14-7-3-5-12(10-18)15(14)19-16(20)21/h1-7H,8-9H2,(H,19,21). The lowest BCUT2D eigenvalue weighted by Crippen LogP contribution is -2.02. The molecule has 1 N–H and O–H groups in total. The maximum atomic E-state index is 13.7. The molecule has 0 aliphatic rings. The minimum atomic E-state index is -0.207. The summed E-state index contributed by atoms with van der Waals surface area (Å²) >= 11 is 5.31. The van der Waals surface area contributed by atoms with Crippen molar-refractivity contribution in [1.29, 1.82) is 5.26 Å². The second-order valence-corrected chi connectivity index (χ2v) is 5.12. The first-order valence-electron chi connectivity index (χ1n) is 6.56. The molecule has 3 nitrogen and oxygen atoms in total. The molecule has 3 aromatic rings. The van der Waals surface area contributed by atoms with Crippen LogP contribution in [0.5, 0.6) is 0 Å². The van der Waals surface area contributed by atoms with Crippen LogP contribution in [0.3, 0.4) is 0 Å². The molecule has 0 spiro atoms. The number of aromatic amines is 1. The predicted octanol–water partition coefficient (Wildman–Crippen LogP) is 3.95. The Morgan fingerprint density at radius 2 is 2.00 bits per heavy atom. The fourth-order valence-corrected chi connectivity index (χ4v) is 2.72. The van der Waals surface area contributed by atoms with E-state index < -0.39 is 0 Å². The number of aromatic nitrogens is 2. The number of para-hydroxylation sites is 1. The van der Waals surface area contributed by atoms with Crippen LogP contribution in [-0.4, -0.2) is 9.55 Å². The topological polar surface area (TPSA) is 44.5 Å². The summed E-state index contributed by atoms with van der Waals surface area (Å²) in [4.78, 5) is 3.06. The van der Waals surface area contributed by atoms with E-state index in [0.29, 0.717) is 28.9 Å². The minimum absolute atomic E-state index is 0.207. The lowest BCUT2D eigenvalue weighted by atomic mass is 10.1. The largest absolute Gasteiger partial charge is 0.329 e. The Morgan fingerprint density at radius 1 is 1.19 bits per heavy atom. The van der Waals surface area contributed by atoms with Crippen molar-refractivity contribution < 1.29 is 4.39 Å². The molecule has 1 aromatic heterocycles. The van der Waals surface area contributed by atoms with Gasteiger partial charge in [-0.05, 0) is 42.4 Å². The maximum absolute atomic E-state index is 13.7. The molecule has 104 valence electrons. The molecule has 0 bridgehead atoms. The van der Waals surface area contributed by atoms with Crippen LogP contribution in [0.2, 0.25) is 0 Å². The van der Waals surface area contributed by atoms with Crippen molar-refractivity contribution in [2.45, 2.75) is 13.0 Å². The fraction of sp³-hybridized carbons (Fsp3) is 0.125. The molecule has 0 aliphatic carbocycles. The van der Waals surface area contributed by atoms with Gasteiger partial charge in [-0.15, -0.1) is 0 Å². The number of nitriles is 1. The molecule has 2 aromatic carbocycles. The number of hydrogen-bond donors (Lipinski definition) is 1. The van der Waals surface area contributed by atoms with Crippen LogP contribution in [0, 0.1) is 21.9 Å². The van der Waals surface area contributed by atoms with Crippen LogP contribution in [0.4, 0.5) is 4.39 Å². The highest BCUT2D eigenvalue weighted by atomic mass is 32.1. The molecule has 0 saturated heterocycles. The number of nitrogens with one attached hydrogen (secondary N) is 1. The molecule has 0 radical (unpaired) electrons. The van der Waals surface area contributed by atoms with Crippen LogP contribution in [0.25, 0.3) is 11.0 Å². The number of imidazole rings is 1. The van der Waals surface area contributed by atoms with Crippen molar-refractivity contribution >= 4 is 23.3 Å². The van der Waals surface area contributed by atoms with Crippen LogP contribution < -0.4 is 0 Å². The third-order valence-corrected chi connectivity index (χ3v) is 3.82. The van der Waals surface area contributed by atoms with Gasteiger partial charge in [0.25, 0.3) is 0 Å². The first-order chi connectivity index (χ1) is 10.2. The molecule has 0 fully saturated rings. The monoisotopic (exact) mass is 297 g/mol. The van der Waals surface area contributed by atoms with E-state index in [2.05, 4.69) is 11.1 Å². The number of aryl methyl sites for hydroxylation is 2. The van der Waals surface area contributed by atoms with Gasteiger partial charge in [-0.2, -0.15) is 5.26 Å². The van der Waals surface area contributed by atoms with Crippen LogP contribution >= 0.6 is 12.2 Å². The molecule has 0 unspecified atom stereocenters. The van der Waals surface area contributed by atoms with Crippen LogP contribution in [-0.2, 0) is 13.0 Å². The first kappa shape index (κ1) is 13.5. The fourth-order valence-electron chi connectivity index (χ4n) is 2.43. The Kier molecular flexibility index (Phi) is 3.55. The Labute approximate surface area is 126 Å². The summed E-state index contributed by atoms with van der Waals surface area (Å²) < 4.78 is 16.1. The van der Waals surface area contributed by atoms with Gasteiger partial charge in [0.15, 0.2) is 4.77 Å². The molecule has 21 heavy (non-hydrogen) atoms. The van der Waals surface area contributed by atoms with Crippen molar-refractivity contribution in [1.82, 2.24) is 9.55 Å². The van der Waals surface area contributed by atoms with Gasteiger partial charge in [-0.1, -0.05) is 24.3 Å². The number of halogens is 1. The van der Waals surface area contributed by atoms with Crippen LogP contribution in [0.15, 0.2) is 42.5 Å². The van der Waals surface area contributed by atoms with Gasteiger partial charge in [0.2, 0.25) is 0 Å². The number of benzene rings is 2. The predicted molar refractivity (Wildman–Crippen MR) is 81.9 cm³/mol. The number of fused-ring (bicyclic) bond motifs is 1.